The molecule has 1 aromatic carbocycles. The molecule has 1 rings (SSSR count). The highest BCUT2D eigenvalue weighted by Crippen LogP contribution is 2.24. The minimum atomic E-state index is -0.947. The molecule has 0 radical (unpaired) electrons. The van der Waals surface area contributed by atoms with Gasteiger partial charge in [-0.1, -0.05) is 63.0 Å². The molecule has 0 spiro atoms. The van der Waals surface area contributed by atoms with E-state index in [0.29, 0.717) is 0 Å². The van der Waals surface area contributed by atoms with E-state index in [9.17, 15) is 0 Å². The van der Waals surface area contributed by atoms with E-state index in [2.05, 4.69) is 63.0 Å². The van der Waals surface area contributed by atoms with Gasteiger partial charge in [0.15, 0.2) is 0 Å². The first-order chi connectivity index (χ1) is 8.51. The molecular weight excluding hydrogens is 252 g/mol. The lowest BCUT2D eigenvalue weighted by Crippen LogP contribution is -2.17. The van der Waals surface area contributed by atoms with Gasteiger partial charge in [-0.2, -0.15) is 0 Å². The van der Waals surface area contributed by atoms with Gasteiger partial charge in [0.25, 0.3) is 0 Å². The average Bonchev–Trinajstić information content (AvgIpc) is 2.33. The number of rotatable bonds is 7. The molecule has 0 amide bonds. The van der Waals surface area contributed by atoms with Gasteiger partial charge in [0.1, 0.15) is 0 Å². The predicted octanol–water partition coefficient (Wildman–Crippen LogP) is 5.59. The standard InChI is InChI=1S/C16H26SSi/c1-5-17-16(13-14-18(2,3)4)12-11-15-9-7-6-8-10-15/h6-10,13H,5,11-12,14H2,1-4H3/b16-13-. The highest BCUT2D eigenvalue weighted by molar-refractivity contribution is 8.03. The second-order valence-corrected chi connectivity index (χ2v) is 12.8. The number of hydrogen-bond donors (Lipinski definition) is 0. The van der Waals surface area contributed by atoms with Gasteiger partial charge in [-0.25, -0.2) is 0 Å². The fourth-order valence-corrected chi connectivity index (χ4v) is 3.58. The summed E-state index contributed by atoms with van der Waals surface area (Å²) in [7, 11) is -0.947. The molecule has 0 nitrogen and oxygen atoms in total. The van der Waals surface area contributed by atoms with Crippen LogP contribution >= 0.6 is 11.8 Å². The maximum atomic E-state index is 2.50. The van der Waals surface area contributed by atoms with Crippen LogP contribution in [-0.4, -0.2) is 13.8 Å². The van der Waals surface area contributed by atoms with Crippen LogP contribution in [0.3, 0.4) is 0 Å². The van der Waals surface area contributed by atoms with E-state index in [-0.39, 0.29) is 0 Å². The van der Waals surface area contributed by atoms with E-state index in [1.807, 2.05) is 11.8 Å². The van der Waals surface area contributed by atoms with Crippen LogP contribution in [0.25, 0.3) is 0 Å². The number of benzene rings is 1. The molecule has 100 valence electrons. The summed E-state index contributed by atoms with van der Waals surface area (Å²) >= 11 is 2.02. The van der Waals surface area contributed by atoms with E-state index in [4.69, 9.17) is 0 Å². The number of allylic oxidation sites excluding steroid dienone is 2. The Morgan fingerprint density at radius 3 is 2.39 bits per heavy atom. The third-order valence-electron chi connectivity index (χ3n) is 2.77. The highest BCUT2D eigenvalue weighted by atomic mass is 32.2. The summed E-state index contributed by atoms with van der Waals surface area (Å²) in [4.78, 5) is 1.59. The summed E-state index contributed by atoms with van der Waals surface area (Å²) in [6.07, 6.45) is 4.88. The number of hydrogen-bond acceptors (Lipinski definition) is 1. The summed E-state index contributed by atoms with van der Waals surface area (Å²) in [6, 6.07) is 12.1. The smallest absolute Gasteiger partial charge is 0.0480 e. The molecule has 18 heavy (non-hydrogen) atoms. The molecule has 0 saturated heterocycles. The van der Waals surface area contributed by atoms with Crippen LogP contribution in [0.4, 0.5) is 0 Å². The Morgan fingerprint density at radius 2 is 1.83 bits per heavy atom. The molecule has 0 bridgehead atoms. The normalized spacial score (nSPS) is 12.8. The summed E-state index contributed by atoms with van der Waals surface area (Å²) in [5.74, 6) is 1.19. The molecule has 0 unspecified atom stereocenters. The van der Waals surface area contributed by atoms with Crippen molar-refractivity contribution < 1.29 is 0 Å². The van der Waals surface area contributed by atoms with E-state index in [0.717, 1.165) is 0 Å². The second kappa shape index (κ2) is 7.85. The Morgan fingerprint density at radius 1 is 1.17 bits per heavy atom. The lowest BCUT2D eigenvalue weighted by atomic mass is 10.1. The van der Waals surface area contributed by atoms with E-state index in [1.165, 1.54) is 30.2 Å². The molecule has 1 aromatic rings. The fourth-order valence-electron chi connectivity index (χ4n) is 1.75. The van der Waals surface area contributed by atoms with Crippen molar-refractivity contribution >= 4 is 19.8 Å². The van der Waals surface area contributed by atoms with Gasteiger partial charge in [-0.15, -0.1) is 11.8 Å². The Labute approximate surface area is 118 Å². The molecule has 0 N–H and O–H groups in total. The quantitative estimate of drug-likeness (QED) is 0.585. The summed E-state index contributed by atoms with van der Waals surface area (Å²) in [5.41, 5.74) is 1.45. The van der Waals surface area contributed by atoms with Crippen LogP contribution in [0.1, 0.15) is 18.9 Å². The Hall–Kier alpha value is -0.473. The minimum Gasteiger partial charge on any atom is -0.131 e. The van der Waals surface area contributed by atoms with Crippen LogP contribution in [0.15, 0.2) is 41.3 Å². The van der Waals surface area contributed by atoms with Crippen LogP contribution < -0.4 is 0 Å². The van der Waals surface area contributed by atoms with Gasteiger partial charge in [0, 0.05) is 8.07 Å². The van der Waals surface area contributed by atoms with E-state index >= 15 is 0 Å². The summed E-state index contributed by atoms with van der Waals surface area (Å²) < 4.78 is 0. The van der Waals surface area contributed by atoms with Crippen molar-refractivity contribution in [3.05, 3.63) is 46.9 Å². The van der Waals surface area contributed by atoms with Gasteiger partial charge in [-0.05, 0) is 35.1 Å². The topological polar surface area (TPSA) is 0 Å². The van der Waals surface area contributed by atoms with Gasteiger partial charge < -0.3 is 0 Å². The zero-order valence-electron chi connectivity index (χ0n) is 12.2. The zero-order valence-corrected chi connectivity index (χ0v) is 14.0. The lowest BCUT2D eigenvalue weighted by molar-refractivity contribution is 0.985. The lowest BCUT2D eigenvalue weighted by Gasteiger charge is -2.14. The molecular formula is C16H26SSi. The van der Waals surface area contributed by atoms with E-state index in [1.54, 1.807) is 4.91 Å². The van der Waals surface area contributed by atoms with Crippen molar-refractivity contribution in [1.82, 2.24) is 0 Å². The van der Waals surface area contributed by atoms with Gasteiger partial charge >= 0.3 is 0 Å². The molecule has 0 aromatic heterocycles. The second-order valence-electron chi connectivity index (χ2n) is 5.85. The van der Waals surface area contributed by atoms with Crippen molar-refractivity contribution in [2.75, 3.05) is 5.75 Å². The Bertz CT molecular complexity index is 362. The first kappa shape index (κ1) is 15.6. The monoisotopic (exact) mass is 278 g/mol. The molecule has 0 aliphatic carbocycles. The van der Waals surface area contributed by atoms with Crippen molar-refractivity contribution in [2.45, 2.75) is 45.5 Å². The molecule has 0 aliphatic rings. The maximum Gasteiger partial charge on any atom is 0.0480 e. The largest absolute Gasteiger partial charge is 0.131 e. The molecule has 0 fully saturated rings. The highest BCUT2D eigenvalue weighted by Gasteiger charge is 2.11. The average molecular weight is 279 g/mol. The number of thioether (sulfide) groups is 1. The van der Waals surface area contributed by atoms with Crippen molar-refractivity contribution in [3.8, 4) is 0 Å². The van der Waals surface area contributed by atoms with Gasteiger partial charge in [0.2, 0.25) is 0 Å². The maximum absolute atomic E-state index is 2.50. The molecule has 2 heteroatoms. The van der Waals surface area contributed by atoms with Crippen molar-refractivity contribution in [2.24, 2.45) is 0 Å². The Kier molecular flexibility index (Phi) is 6.80. The van der Waals surface area contributed by atoms with Crippen LogP contribution in [0.2, 0.25) is 25.7 Å². The third-order valence-corrected chi connectivity index (χ3v) is 5.23. The van der Waals surface area contributed by atoms with Crippen LogP contribution in [-0.2, 0) is 6.42 Å². The number of aryl methyl sites for hydroxylation is 1. The zero-order chi connectivity index (χ0) is 13.4. The molecule has 0 atom stereocenters. The first-order valence-corrected chi connectivity index (χ1v) is 11.6. The van der Waals surface area contributed by atoms with E-state index < -0.39 is 8.07 Å². The molecule has 0 aliphatic heterocycles. The minimum absolute atomic E-state index is 0.947. The Balaban J connectivity index is 2.53. The SMILES string of the molecule is CCS/C(=C\C[Si](C)(C)C)CCc1ccccc1. The van der Waals surface area contributed by atoms with Gasteiger partial charge in [-0.3, -0.25) is 0 Å². The van der Waals surface area contributed by atoms with Crippen LogP contribution in [0.5, 0.6) is 0 Å². The first-order valence-electron chi connectivity index (χ1n) is 6.87. The summed E-state index contributed by atoms with van der Waals surface area (Å²) in [5, 5.41) is 0. The summed E-state index contributed by atoms with van der Waals surface area (Å²) in [6.45, 7) is 9.56. The molecule has 0 saturated carbocycles. The van der Waals surface area contributed by atoms with Crippen molar-refractivity contribution in [3.63, 3.8) is 0 Å². The predicted molar refractivity (Wildman–Crippen MR) is 89.1 cm³/mol. The fraction of sp³-hybridized carbons (Fsp3) is 0.500. The molecule has 0 heterocycles. The van der Waals surface area contributed by atoms with Crippen molar-refractivity contribution in [1.29, 1.82) is 0 Å². The third kappa shape index (κ3) is 7.07. The van der Waals surface area contributed by atoms with Gasteiger partial charge in [0.05, 0.1) is 0 Å². The van der Waals surface area contributed by atoms with Crippen LogP contribution in [0, 0.1) is 0 Å².